The van der Waals surface area contributed by atoms with E-state index in [2.05, 4.69) is 19.7 Å². The zero-order chi connectivity index (χ0) is 14.4. The second-order valence-electron chi connectivity index (χ2n) is 3.05. The van der Waals surface area contributed by atoms with E-state index >= 15 is 0 Å². The van der Waals surface area contributed by atoms with Gasteiger partial charge < -0.3 is 14.2 Å². The smallest absolute Gasteiger partial charge is 0.161 e. The van der Waals surface area contributed by atoms with E-state index < -0.39 is 0 Å². The molecule has 0 saturated heterocycles. The van der Waals surface area contributed by atoms with Gasteiger partial charge in [0.2, 0.25) is 0 Å². The summed E-state index contributed by atoms with van der Waals surface area (Å²) in [6.07, 6.45) is 4.92. The van der Waals surface area contributed by atoms with Crippen LogP contribution in [0.25, 0.3) is 0 Å². The molecule has 1 heterocycles. The maximum Gasteiger partial charge on any atom is 0.161 e. The van der Waals surface area contributed by atoms with Crippen LogP contribution in [0.15, 0.2) is 49.5 Å². The normalized spacial score (nSPS) is 16.8. The average molecular weight is 254 g/mol. The SMILES string of the molecule is C=CC.C=CC1=C(C=C)OC(COC)CO1.CC. The van der Waals surface area contributed by atoms with Crippen LogP contribution in [0.5, 0.6) is 0 Å². The largest absolute Gasteiger partial charge is 0.486 e. The lowest BCUT2D eigenvalue weighted by Gasteiger charge is -2.25. The topological polar surface area (TPSA) is 27.7 Å². The van der Waals surface area contributed by atoms with Crippen molar-refractivity contribution < 1.29 is 14.2 Å². The van der Waals surface area contributed by atoms with Crippen molar-refractivity contribution in [3.05, 3.63) is 49.5 Å². The summed E-state index contributed by atoms with van der Waals surface area (Å²) in [5.41, 5.74) is 0. The van der Waals surface area contributed by atoms with E-state index in [1.807, 2.05) is 20.8 Å². The molecule has 0 N–H and O–H groups in total. The Balaban J connectivity index is 0. The lowest BCUT2D eigenvalue weighted by molar-refractivity contribution is -0.0318. The Hall–Kier alpha value is -1.48. The van der Waals surface area contributed by atoms with Gasteiger partial charge in [0.25, 0.3) is 0 Å². The van der Waals surface area contributed by atoms with Gasteiger partial charge in [-0.2, -0.15) is 0 Å². The van der Waals surface area contributed by atoms with Crippen LogP contribution in [0.3, 0.4) is 0 Å². The molecule has 0 radical (unpaired) electrons. The third-order valence-electron chi connectivity index (χ3n) is 1.68. The Kier molecular flexibility index (Phi) is 14.2. The quantitative estimate of drug-likeness (QED) is 0.713. The first kappa shape index (κ1) is 18.9. The second kappa shape index (κ2) is 13.6. The van der Waals surface area contributed by atoms with Gasteiger partial charge in [-0.05, 0) is 19.1 Å². The molecule has 0 aliphatic carbocycles. The van der Waals surface area contributed by atoms with Crippen molar-refractivity contribution in [1.29, 1.82) is 0 Å². The van der Waals surface area contributed by atoms with E-state index in [0.717, 1.165) is 0 Å². The molecule has 0 saturated carbocycles. The van der Waals surface area contributed by atoms with Crippen molar-refractivity contribution in [2.45, 2.75) is 26.9 Å². The molecule has 0 bridgehead atoms. The maximum absolute atomic E-state index is 5.52. The van der Waals surface area contributed by atoms with Gasteiger partial charge in [0.1, 0.15) is 6.61 Å². The number of hydrogen-bond acceptors (Lipinski definition) is 3. The van der Waals surface area contributed by atoms with Gasteiger partial charge in [0, 0.05) is 7.11 Å². The molecule has 0 aromatic carbocycles. The van der Waals surface area contributed by atoms with Crippen LogP contribution in [0.4, 0.5) is 0 Å². The Morgan fingerprint density at radius 3 is 2.11 bits per heavy atom. The summed E-state index contributed by atoms with van der Waals surface area (Å²) < 4.78 is 15.9. The molecule has 104 valence electrons. The van der Waals surface area contributed by atoms with Crippen LogP contribution in [0, 0.1) is 0 Å². The Labute approximate surface area is 111 Å². The van der Waals surface area contributed by atoms with Crippen LogP contribution in [0.1, 0.15) is 20.8 Å². The molecule has 0 aromatic rings. The lowest BCUT2D eigenvalue weighted by Crippen LogP contribution is -2.28. The van der Waals surface area contributed by atoms with Gasteiger partial charge in [0.15, 0.2) is 17.6 Å². The molecule has 18 heavy (non-hydrogen) atoms. The summed E-state index contributed by atoms with van der Waals surface area (Å²) in [4.78, 5) is 0. The number of rotatable bonds is 4. The predicted molar refractivity (Wildman–Crippen MR) is 77.3 cm³/mol. The molecule has 1 aliphatic rings. The van der Waals surface area contributed by atoms with Gasteiger partial charge in [0.05, 0.1) is 6.61 Å². The van der Waals surface area contributed by atoms with Crippen LogP contribution >= 0.6 is 0 Å². The van der Waals surface area contributed by atoms with E-state index in [4.69, 9.17) is 14.2 Å². The van der Waals surface area contributed by atoms with Crippen molar-refractivity contribution in [2.75, 3.05) is 20.3 Å². The molecule has 0 fully saturated rings. The van der Waals surface area contributed by atoms with Gasteiger partial charge in [-0.25, -0.2) is 0 Å². The summed E-state index contributed by atoms with van der Waals surface area (Å²) >= 11 is 0. The molecule has 1 atom stereocenters. The van der Waals surface area contributed by atoms with Crippen molar-refractivity contribution in [3.8, 4) is 0 Å². The Morgan fingerprint density at radius 1 is 1.22 bits per heavy atom. The minimum atomic E-state index is -0.0540. The third kappa shape index (κ3) is 7.74. The number of hydrogen-bond donors (Lipinski definition) is 0. The molecule has 1 rings (SSSR count). The summed E-state index contributed by atoms with van der Waals surface area (Å²) in [5.74, 6) is 1.27. The molecule has 0 aromatic heterocycles. The average Bonchev–Trinajstić information content (AvgIpc) is 2.42. The Bertz CT molecular complexity index is 267. The summed E-state index contributed by atoms with van der Waals surface area (Å²) in [6, 6.07) is 0. The molecule has 3 heteroatoms. The molecular formula is C15H26O3. The zero-order valence-corrected chi connectivity index (χ0v) is 12.1. The number of methoxy groups -OCH3 is 1. The predicted octanol–water partition coefficient (Wildman–Crippen LogP) is 3.85. The third-order valence-corrected chi connectivity index (χ3v) is 1.68. The van der Waals surface area contributed by atoms with E-state index in [1.165, 1.54) is 0 Å². The molecule has 1 unspecified atom stereocenters. The van der Waals surface area contributed by atoms with E-state index in [-0.39, 0.29) is 6.10 Å². The summed E-state index contributed by atoms with van der Waals surface area (Å²) in [7, 11) is 1.63. The fourth-order valence-electron chi connectivity index (χ4n) is 1.10. The minimum Gasteiger partial charge on any atom is -0.486 e. The number of ether oxygens (including phenoxy) is 3. The first-order valence-corrected chi connectivity index (χ1v) is 6.08. The highest BCUT2D eigenvalue weighted by Gasteiger charge is 2.19. The van der Waals surface area contributed by atoms with Crippen LogP contribution in [0.2, 0.25) is 0 Å². The fraction of sp³-hybridized carbons (Fsp3) is 0.467. The highest BCUT2D eigenvalue weighted by molar-refractivity contribution is 5.23. The minimum absolute atomic E-state index is 0.0540. The Morgan fingerprint density at radius 2 is 1.72 bits per heavy atom. The first-order valence-electron chi connectivity index (χ1n) is 6.08. The van der Waals surface area contributed by atoms with Crippen LogP contribution in [-0.4, -0.2) is 26.4 Å². The van der Waals surface area contributed by atoms with Crippen molar-refractivity contribution in [3.63, 3.8) is 0 Å². The van der Waals surface area contributed by atoms with Crippen LogP contribution < -0.4 is 0 Å². The van der Waals surface area contributed by atoms with Crippen molar-refractivity contribution >= 4 is 0 Å². The first-order chi connectivity index (χ1) is 8.73. The summed E-state index contributed by atoms with van der Waals surface area (Å²) in [5, 5.41) is 0. The molecule has 0 amide bonds. The molecule has 3 nitrogen and oxygen atoms in total. The van der Waals surface area contributed by atoms with Gasteiger partial charge in [-0.15, -0.1) is 6.58 Å². The second-order valence-corrected chi connectivity index (χ2v) is 3.05. The summed E-state index contributed by atoms with van der Waals surface area (Å²) in [6.45, 7) is 17.5. The number of allylic oxidation sites excluding steroid dienone is 3. The standard InChI is InChI=1S/C10H14O3.C3H6.C2H6/c1-4-9-10(5-2)13-8(6-11-3)7-12-9;1-3-2;1-2/h4-5,8H,1-2,6-7H2,3H3;3H,1H2,2H3;1-2H3. The van der Waals surface area contributed by atoms with Crippen molar-refractivity contribution in [2.24, 2.45) is 0 Å². The van der Waals surface area contributed by atoms with E-state index in [0.29, 0.717) is 24.7 Å². The van der Waals surface area contributed by atoms with Crippen molar-refractivity contribution in [1.82, 2.24) is 0 Å². The maximum atomic E-state index is 5.52. The molecular weight excluding hydrogens is 228 g/mol. The highest BCUT2D eigenvalue weighted by atomic mass is 16.6. The van der Waals surface area contributed by atoms with Gasteiger partial charge >= 0.3 is 0 Å². The van der Waals surface area contributed by atoms with E-state index in [9.17, 15) is 0 Å². The van der Waals surface area contributed by atoms with E-state index in [1.54, 1.807) is 25.3 Å². The zero-order valence-electron chi connectivity index (χ0n) is 12.1. The highest BCUT2D eigenvalue weighted by Crippen LogP contribution is 2.19. The van der Waals surface area contributed by atoms with Crippen LogP contribution in [-0.2, 0) is 14.2 Å². The lowest BCUT2D eigenvalue weighted by atomic mass is 10.3. The van der Waals surface area contributed by atoms with Gasteiger partial charge in [-0.1, -0.05) is 33.1 Å². The molecule has 0 spiro atoms. The molecule has 1 aliphatic heterocycles. The van der Waals surface area contributed by atoms with Gasteiger partial charge in [-0.3, -0.25) is 0 Å². The fourth-order valence-corrected chi connectivity index (χ4v) is 1.10. The monoisotopic (exact) mass is 254 g/mol.